The number of halogens is 1. The molecule has 0 saturated heterocycles. The molecule has 0 amide bonds. The molecule has 1 aromatic carbocycles. The molecule has 6 heteroatoms. The summed E-state index contributed by atoms with van der Waals surface area (Å²) >= 11 is 0. The third-order valence-corrected chi connectivity index (χ3v) is 2.59. The molecule has 2 aromatic rings. The molecule has 1 unspecified atom stereocenters. The highest BCUT2D eigenvalue weighted by molar-refractivity contribution is 5.85. The number of nitrogens with zero attached hydrogens (tertiary/aromatic N) is 2. The number of carbonyl (C=O) groups is 1. The number of hydrogen-bond donors (Lipinski definition) is 2. The van der Waals surface area contributed by atoms with Gasteiger partial charge in [-0.25, -0.2) is 19.2 Å². The van der Waals surface area contributed by atoms with Crippen molar-refractivity contribution in [3.05, 3.63) is 53.6 Å². The molecule has 0 spiro atoms. The molecule has 2 N–H and O–H groups in total. The van der Waals surface area contributed by atoms with Gasteiger partial charge in [0, 0.05) is 11.8 Å². The van der Waals surface area contributed by atoms with Crippen LogP contribution in [0.4, 0.5) is 10.3 Å². The fourth-order valence-corrected chi connectivity index (χ4v) is 1.65. The first-order valence-corrected chi connectivity index (χ1v) is 5.65. The minimum Gasteiger partial charge on any atom is -0.477 e. The lowest BCUT2D eigenvalue weighted by atomic mass is 10.1. The number of benzene rings is 1. The Bertz CT molecular complexity index is 604. The lowest BCUT2D eigenvalue weighted by Gasteiger charge is -2.14. The Hall–Kier alpha value is -2.50. The van der Waals surface area contributed by atoms with Crippen molar-refractivity contribution in [3.8, 4) is 0 Å². The number of aromatic carboxylic acids is 1. The minimum atomic E-state index is -1.14. The van der Waals surface area contributed by atoms with Gasteiger partial charge >= 0.3 is 5.97 Å². The first-order valence-electron chi connectivity index (χ1n) is 5.65. The maximum absolute atomic E-state index is 13.6. The summed E-state index contributed by atoms with van der Waals surface area (Å²) in [6.07, 6.45) is 1.34. The van der Waals surface area contributed by atoms with Gasteiger partial charge < -0.3 is 10.4 Å². The van der Waals surface area contributed by atoms with Crippen molar-refractivity contribution in [2.75, 3.05) is 5.32 Å². The summed E-state index contributed by atoms with van der Waals surface area (Å²) in [4.78, 5) is 18.5. The Morgan fingerprint density at radius 2 is 2.11 bits per heavy atom. The van der Waals surface area contributed by atoms with Crippen LogP contribution >= 0.6 is 0 Å². The third kappa shape index (κ3) is 3.04. The Morgan fingerprint density at radius 1 is 1.37 bits per heavy atom. The highest BCUT2D eigenvalue weighted by atomic mass is 19.1. The normalized spacial score (nSPS) is 11.9. The molecule has 0 aliphatic rings. The molecule has 1 heterocycles. The van der Waals surface area contributed by atoms with Crippen LogP contribution < -0.4 is 5.32 Å². The number of carboxylic acids is 1. The number of hydrogen-bond acceptors (Lipinski definition) is 4. The largest absolute Gasteiger partial charge is 0.477 e. The van der Waals surface area contributed by atoms with E-state index in [1.165, 1.54) is 18.3 Å². The van der Waals surface area contributed by atoms with E-state index in [1.54, 1.807) is 25.1 Å². The van der Waals surface area contributed by atoms with Crippen LogP contribution in [0.1, 0.15) is 29.0 Å². The van der Waals surface area contributed by atoms with Crippen molar-refractivity contribution in [1.29, 1.82) is 0 Å². The van der Waals surface area contributed by atoms with E-state index >= 15 is 0 Å². The maximum atomic E-state index is 13.6. The van der Waals surface area contributed by atoms with Crippen molar-refractivity contribution in [2.24, 2.45) is 0 Å². The van der Waals surface area contributed by atoms with Crippen LogP contribution in [0.15, 0.2) is 36.5 Å². The summed E-state index contributed by atoms with van der Waals surface area (Å²) < 4.78 is 13.6. The molecular formula is C13H12FN3O2. The van der Waals surface area contributed by atoms with Crippen LogP contribution in [0.5, 0.6) is 0 Å². The zero-order valence-electron chi connectivity index (χ0n) is 10.2. The van der Waals surface area contributed by atoms with Gasteiger partial charge in [-0.1, -0.05) is 18.2 Å². The summed E-state index contributed by atoms with van der Waals surface area (Å²) in [5.41, 5.74) is 0.352. The van der Waals surface area contributed by atoms with Crippen molar-refractivity contribution in [3.63, 3.8) is 0 Å². The molecule has 0 bridgehead atoms. The van der Waals surface area contributed by atoms with Crippen molar-refractivity contribution in [2.45, 2.75) is 13.0 Å². The van der Waals surface area contributed by atoms with Crippen molar-refractivity contribution in [1.82, 2.24) is 9.97 Å². The lowest BCUT2D eigenvalue weighted by molar-refractivity contribution is 0.0690. The summed E-state index contributed by atoms with van der Waals surface area (Å²) in [7, 11) is 0. The first-order chi connectivity index (χ1) is 9.08. The second-order valence-electron chi connectivity index (χ2n) is 3.96. The van der Waals surface area contributed by atoms with E-state index in [4.69, 9.17) is 5.11 Å². The molecule has 2 rings (SSSR count). The summed E-state index contributed by atoms with van der Waals surface area (Å²) in [6.45, 7) is 1.75. The van der Waals surface area contributed by atoms with Gasteiger partial charge in [-0.2, -0.15) is 0 Å². The number of carboxylic acid groups (broad SMARTS) is 1. The Labute approximate surface area is 109 Å². The van der Waals surface area contributed by atoms with Gasteiger partial charge in [-0.3, -0.25) is 0 Å². The van der Waals surface area contributed by atoms with Gasteiger partial charge in [0.15, 0.2) is 5.69 Å². The van der Waals surface area contributed by atoms with E-state index < -0.39 is 5.97 Å². The van der Waals surface area contributed by atoms with Crippen LogP contribution in [0, 0.1) is 5.82 Å². The second-order valence-corrected chi connectivity index (χ2v) is 3.96. The molecule has 98 valence electrons. The number of anilines is 1. The lowest BCUT2D eigenvalue weighted by Crippen LogP contribution is -2.12. The van der Waals surface area contributed by atoms with E-state index in [9.17, 15) is 9.18 Å². The molecular weight excluding hydrogens is 249 g/mol. The van der Waals surface area contributed by atoms with E-state index in [0.29, 0.717) is 5.56 Å². The average molecular weight is 261 g/mol. The van der Waals surface area contributed by atoms with Crippen LogP contribution in [-0.2, 0) is 0 Å². The zero-order valence-corrected chi connectivity index (χ0v) is 10.2. The van der Waals surface area contributed by atoms with Crippen molar-refractivity contribution >= 4 is 11.9 Å². The molecule has 0 saturated carbocycles. The first kappa shape index (κ1) is 12.9. The smallest absolute Gasteiger partial charge is 0.354 e. The molecule has 0 radical (unpaired) electrons. The van der Waals surface area contributed by atoms with E-state index in [1.807, 2.05) is 0 Å². The highest BCUT2D eigenvalue weighted by Gasteiger charge is 2.12. The fraction of sp³-hybridized carbons (Fsp3) is 0.154. The Kier molecular flexibility index (Phi) is 3.70. The zero-order chi connectivity index (χ0) is 13.8. The van der Waals surface area contributed by atoms with Gasteiger partial charge in [-0.05, 0) is 19.1 Å². The number of aromatic nitrogens is 2. The van der Waals surface area contributed by atoms with Gasteiger partial charge in [0.2, 0.25) is 5.95 Å². The molecule has 0 fully saturated rings. The van der Waals surface area contributed by atoms with Gasteiger partial charge in [-0.15, -0.1) is 0 Å². The van der Waals surface area contributed by atoms with E-state index in [2.05, 4.69) is 15.3 Å². The molecule has 0 aliphatic carbocycles. The van der Waals surface area contributed by atoms with E-state index in [-0.39, 0.29) is 23.5 Å². The summed E-state index contributed by atoms with van der Waals surface area (Å²) in [5.74, 6) is -1.32. The molecule has 1 aromatic heterocycles. The average Bonchev–Trinajstić information content (AvgIpc) is 2.39. The number of rotatable bonds is 4. The predicted octanol–water partition coefficient (Wildman–Crippen LogP) is 2.49. The van der Waals surface area contributed by atoms with E-state index in [0.717, 1.165) is 0 Å². The predicted molar refractivity (Wildman–Crippen MR) is 67.4 cm³/mol. The summed E-state index contributed by atoms with van der Waals surface area (Å²) in [5, 5.41) is 11.7. The fourth-order valence-electron chi connectivity index (χ4n) is 1.65. The standard InChI is InChI=1S/C13H12FN3O2/c1-8(9-4-2-3-5-10(9)14)16-13-15-7-6-11(17-13)12(18)19/h2-8H,1H3,(H,18,19)(H,15,16,17). The molecule has 5 nitrogen and oxygen atoms in total. The van der Waals surface area contributed by atoms with Gasteiger partial charge in [0.25, 0.3) is 0 Å². The van der Waals surface area contributed by atoms with Crippen LogP contribution in [0.2, 0.25) is 0 Å². The topological polar surface area (TPSA) is 75.1 Å². The third-order valence-electron chi connectivity index (χ3n) is 2.59. The van der Waals surface area contributed by atoms with Crippen LogP contribution in [0.3, 0.4) is 0 Å². The maximum Gasteiger partial charge on any atom is 0.354 e. The van der Waals surface area contributed by atoms with Crippen LogP contribution in [-0.4, -0.2) is 21.0 Å². The highest BCUT2D eigenvalue weighted by Crippen LogP contribution is 2.19. The second kappa shape index (κ2) is 5.43. The molecule has 0 aliphatic heterocycles. The molecule has 19 heavy (non-hydrogen) atoms. The summed E-state index contributed by atoms with van der Waals surface area (Å²) in [6, 6.07) is 7.26. The van der Waals surface area contributed by atoms with Crippen molar-refractivity contribution < 1.29 is 14.3 Å². The SMILES string of the molecule is CC(Nc1nccc(C(=O)O)n1)c1ccccc1F. The van der Waals surface area contributed by atoms with Crippen LogP contribution in [0.25, 0.3) is 0 Å². The number of nitrogens with one attached hydrogen (secondary N) is 1. The quantitative estimate of drug-likeness (QED) is 0.884. The Morgan fingerprint density at radius 3 is 2.79 bits per heavy atom. The Balaban J connectivity index is 2.19. The molecule has 1 atom stereocenters. The van der Waals surface area contributed by atoms with Gasteiger partial charge in [0.05, 0.1) is 6.04 Å². The van der Waals surface area contributed by atoms with Gasteiger partial charge in [0.1, 0.15) is 5.82 Å². The minimum absolute atomic E-state index is 0.113. The monoisotopic (exact) mass is 261 g/mol.